The Labute approximate surface area is 112 Å². The topological polar surface area (TPSA) is 43.3 Å². The Balaban J connectivity index is 2.00. The Kier molecular flexibility index (Phi) is 3.05. The predicted molar refractivity (Wildman–Crippen MR) is 78.0 cm³/mol. The van der Waals surface area contributed by atoms with E-state index < -0.39 is 0 Å². The standard InChI is InChI=1S/C16H17N3/c1-12(17)11-13-5-7-14(8-6-13)15-3-2-4-16-18-9-10-19(15)16/h2-10,12H,11,17H2,1H3. The van der Waals surface area contributed by atoms with Crippen molar-refractivity contribution in [2.45, 2.75) is 19.4 Å². The van der Waals surface area contributed by atoms with E-state index in [0.717, 1.165) is 17.8 Å². The van der Waals surface area contributed by atoms with Gasteiger partial charge in [0, 0.05) is 18.4 Å². The van der Waals surface area contributed by atoms with Gasteiger partial charge in [0.15, 0.2) is 0 Å². The summed E-state index contributed by atoms with van der Waals surface area (Å²) in [5.74, 6) is 0. The summed E-state index contributed by atoms with van der Waals surface area (Å²) in [4.78, 5) is 4.31. The van der Waals surface area contributed by atoms with Gasteiger partial charge < -0.3 is 5.73 Å². The predicted octanol–water partition coefficient (Wildman–Crippen LogP) is 2.89. The molecule has 1 atom stereocenters. The summed E-state index contributed by atoms with van der Waals surface area (Å²) in [6.45, 7) is 2.03. The summed E-state index contributed by atoms with van der Waals surface area (Å²) >= 11 is 0. The fourth-order valence-corrected chi connectivity index (χ4v) is 2.37. The molecular weight excluding hydrogens is 234 g/mol. The highest BCUT2D eigenvalue weighted by Gasteiger charge is 2.04. The van der Waals surface area contributed by atoms with Crippen LogP contribution in [0.3, 0.4) is 0 Å². The first-order chi connectivity index (χ1) is 9.24. The normalized spacial score (nSPS) is 12.7. The van der Waals surface area contributed by atoms with Crippen LogP contribution in [-0.2, 0) is 6.42 Å². The van der Waals surface area contributed by atoms with E-state index in [9.17, 15) is 0 Å². The molecule has 2 N–H and O–H groups in total. The van der Waals surface area contributed by atoms with Gasteiger partial charge in [0.25, 0.3) is 0 Å². The van der Waals surface area contributed by atoms with Crippen molar-refractivity contribution in [3.8, 4) is 11.3 Å². The van der Waals surface area contributed by atoms with E-state index in [1.807, 2.05) is 31.5 Å². The number of nitrogens with two attached hydrogens (primary N) is 1. The molecule has 0 bridgehead atoms. The minimum Gasteiger partial charge on any atom is -0.328 e. The number of aromatic nitrogens is 2. The molecule has 3 heteroatoms. The third-order valence-corrected chi connectivity index (χ3v) is 3.24. The molecule has 2 aromatic heterocycles. The van der Waals surface area contributed by atoms with Crippen molar-refractivity contribution >= 4 is 5.65 Å². The Morgan fingerprint density at radius 1 is 1.16 bits per heavy atom. The first-order valence-corrected chi connectivity index (χ1v) is 6.51. The molecule has 0 saturated carbocycles. The number of pyridine rings is 1. The molecule has 3 aromatic rings. The van der Waals surface area contributed by atoms with Crippen LogP contribution in [0.2, 0.25) is 0 Å². The lowest BCUT2D eigenvalue weighted by atomic mass is 10.0. The van der Waals surface area contributed by atoms with Crippen LogP contribution in [0.25, 0.3) is 16.9 Å². The second kappa shape index (κ2) is 4.86. The molecule has 96 valence electrons. The van der Waals surface area contributed by atoms with E-state index in [4.69, 9.17) is 5.73 Å². The fourth-order valence-electron chi connectivity index (χ4n) is 2.37. The van der Waals surface area contributed by atoms with Crippen LogP contribution in [0.4, 0.5) is 0 Å². The Morgan fingerprint density at radius 2 is 1.95 bits per heavy atom. The van der Waals surface area contributed by atoms with Crippen molar-refractivity contribution in [1.29, 1.82) is 0 Å². The van der Waals surface area contributed by atoms with Crippen molar-refractivity contribution in [1.82, 2.24) is 9.38 Å². The Hall–Kier alpha value is -2.13. The minimum absolute atomic E-state index is 0.197. The third-order valence-electron chi connectivity index (χ3n) is 3.24. The minimum atomic E-state index is 0.197. The molecule has 0 amide bonds. The molecule has 2 heterocycles. The van der Waals surface area contributed by atoms with Crippen LogP contribution in [0.5, 0.6) is 0 Å². The summed E-state index contributed by atoms with van der Waals surface area (Å²) in [5, 5.41) is 0. The molecule has 1 aromatic carbocycles. The van der Waals surface area contributed by atoms with Gasteiger partial charge in [-0.3, -0.25) is 4.40 Å². The van der Waals surface area contributed by atoms with Crippen LogP contribution in [0, 0.1) is 0 Å². The van der Waals surface area contributed by atoms with Crippen molar-refractivity contribution in [3.05, 3.63) is 60.4 Å². The van der Waals surface area contributed by atoms with Crippen molar-refractivity contribution < 1.29 is 0 Å². The molecule has 1 unspecified atom stereocenters. The van der Waals surface area contributed by atoms with Gasteiger partial charge in [-0.25, -0.2) is 4.98 Å². The monoisotopic (exact) mass is 251 g/mol. The van der Waals surface area contributed by atoms with Gasteiger partial charge in [0.1, 0.15) is 5.65 Å². The molecule has 0 fully saturated rings. The van der Waals surface area contributed by atoms with Gasteiger partial charge in [0.05, 0.1) is 5.69 Å². The summed E-state index contributed by atoms with van der Waals surface area (Å²) < 4.78 is 2.10. The highest BCUT2D eigenvalue weighted by molar-refractivity contribution is 5.63. The number of imidazole rings is 1. The quantitative estimate of drug-likeness (QED) is 0.777. The number of nitrogens with zero attached hydrogens (tertiary/aromatic N) is 2. The zero-order valence-electron chi connectivity index (χ0n) is 11.0. The molecule has 0 radical (unpaired) electrons. The smallest absolute Gasteiger partial charge is 0.137 e. The molecule has 19 heavy (non-hydrogen) atoms. The molecule has 3 rings (SSSR count). The van der Waals surface area contributed by atoms with Crippen molar-refractivity contribution in [2.24, 2.45) is 5.73 Å². The SMILES string of the molecule is CC(N)Cc1ccc(-c2cccc3nccn23)cc1. The lowest BCUT2D eigenvalue weighted by Crippen LogP contribution is -2.17. The van der Waals surface area contributed by atoms with E-state index in [-0.39, 0.29) is 6.04 Å². The highest BCUT2D eigenvalue weighted by Crippen LogP contribution is 2.21. The number of rotatable bonds is 3. The number of hydrogen-bond donors (Lipinski definition) is 1. The van der Waals surface area contributed by atoms with Gasteiger partial charge in [-0.2, -0.15) is 0 Å². The van der Waals surface area contributed by atoms with Gasteiger partial charge in [-0.05, 0) is 36.6 Å². The van der Waals surface area contributed by atoms with Crippen molar-refractivity contribution in [3.63, 3.8) is 0 Å². The van der Waals surface area contributed by atoms with Gasteiger partial charge in [0.2, 0.25) is 0 Å². The number of benzene rings is 1. The lowest BCUT2D eigenvalue weighted by molar-refractivity contribution is 0.738. The summed E-state index contributed by atoms with van der Waals surface area (Å²) in [5.41, 5.74) is 10.4. The first-order valence-electron chi connectivity index (χ1n) is 6.51. The van der Waals surface area contributed by atoms with E-state index in [1.165, 1.54) is 11.1 Å². The molecule has 0 saturated heterocycles. The Bertz CT molecular complexity index is 681. The average Bonchev–Trinajstić information content (AvgIpc) is 2.87. The van der Waals surface area contributed by atoms with E-state index in [0.29, 0.717) is 0 Å². The van der Waals surface area contributed by atoms with Crippen LogP contribution >= 0.6 is 0 Å². The lowest BCUT2D eigenvalue weighted by Gasteiger charge is -2.08. The molecule has 0 aliphatic rings. The fraction of sp³-hybridized carbons (Fsp3) is 0.188. The molecule has 0 spiro atoms. The number of fused-ring (bicyclic) bond motifs is 1. The molecular formula is C16H17N3. The third kappa shape index (κ3) is 2.37. The van der Waals surface area contributed by atoms with Crippen molar-refractivity contribution in [2.75, 3.05) is 0 Å². The van der Waals surface area contributed by atoms with Crippen LogP contribution < -0.4 is 5.73 Å². The van der Waals surface area contributed by atoms with Crippen LogP contribution in [0.15, 0.2) is 54.9 Å². The van der Waals surface area contributed by atoms with E-state index in [2.05, 4.69) is 39.7 Å². The molecule has 0 aliphatic carbocycles. The maximum Gasteiger partial charge on any atom is 0.137 e. The van der Waals surface area contributed by atoms with E-state index in [1.54, 1.807) is 0 Å². The summed E-state index contributed by atoms with van der Waals surface area (Å²) in [7, 11) is 0. The number of hydrogen-bond acceptors (Lipinski definition) is 2. The molecule has 3 nitrogen and oxygen atoms in total. The highest BCUT2D eigenvalue weighted by atomic mass is 15.0. The van der Waals surface area contributed by atoms with Crippen LogP contribution in [0.1, 0.15) is 12.5 Å². The maximum absolute atomic E-state index is 5.82. The average molecular weight is 251 g/mol. The van der Waals surface area contributed by atoms with Gasteiger partial charge >= 0.3 is 0 Å². The summed E-state index contributed by atoms with van der Waals surface area (Å²) in [6.07, 6.45) is 4.72. The van der Waals surface area contributed by atoms with E-state index >= 15 is 0 Å². The largest absolute Gasteiger partial charge is 0.328 e. The second-order valence-corrected chi connectivity index (χ2v) is 4.94. The first kappa shape index (κ1) is 11.9. The summed E-state index contributed by atoms with van der Waals surface area (Å²) in [6, 6.07) is 14.9. The zero-order chi connectivity index (χ0) is 13.2. The van der Waals surface area contributed by atoms with Gasteiger partial charge in [-0.1, -0.05) is 30.3 Å². The maximum atomic E-state index is 5.82. The Morgan fingerprint density at radius 3 is 2.68 bits per heavy atom. The second-order valence-electron chi connectivity index (χ2n) is 4.94. The zero-order valence-corrected chi connectivity index (χ0v) is 11.0. The van der Waals surface area contributed by atoms with Gasteiger partial charge in [-0.15, -0.1) is 0 Å². The molecule has 0 aliphatic heterocycles. The van der Waals surface area contributed by atoms with Crippen LogP contribution in [-0.4, -0.2) is 15.4 Å².